The van der Waals surface area contributed by atoms with E-state index >= 15 is 0 Å². The lowest BCUT2D eigenvalue weighted by Crippen LogP contribution is -2.31. The minimum absolute atomic E-state index is 0.627. The number of nitrogens with zero attached hydrogens (tertiary/aromatic N) is 1. The largest absolute Gasteiger partial charge is 0.336 e. The van der Waals surface area contributed by atoms with Crippen LogP contribution in [0.25, 0.3) is 0 Å². The summed E-state index contributed by atoms with van der Waals surface area (Å²) in [5.74, 6) is 0. The SMILES string of the molecule is Cn1c(CNC2CCCCC2)cc(Cl)c1Cl. The highest BCUT2D eigenvalue weighted by molar-refractivity contribution is 6.41. The Morgan fingerprint density at radius 3 is 2.56 bits per heavy atom. The van der Waals surface area contributed by atoms with Crippen molar-refractivity contribution in [3.8, 4) is 0 Å². The van der Waals surface area contributed by atoms with Crippen LogP contribution < -0.4 is 5.32 Å². The van der Waals surface area contributed by atoms with Gasteiger partial charge in [0, 0.05) is 25.3 Å². The number of halogens is 2. The molecule has 0 radical (unpaired) electrons. The van der Waals surface area contributed by atoms with E-state index in [1.165, 1.54) is 32.1 Å². The molecule has 0 spiro atoms. The molecule has 16 heavy (non-hydrogen) atoms. The van der Waals surface area contributed by atoms with E-state index in [9.17, 15) is 0 Å². The molecule has 1 aromatic rings. The van der Waals surface area contributed by atoms with E-state index in [1.54, 1.807) is 0 Å². The zero-order valence-electron chi connectivity index (χ0n) is 9.60. The van der Waals surface area contributed by atoms with Crippen LogP contribution in [-0.2, 0) is 13.6 Å². The smallest absolute Gasteiger partial charge is 0.127 e. The molecule has 1 aromatic heterocycles. The average Bonchev–Trinajstić information content (AvgIpc) is 2.56. The van der Waals surface area contributed by atoms with E-state index in [-0.39, 0.29) is 0 Å². The van der Waals surface area contributed by atoms with Crippen molar-refractivity contribution in [2.75, 3.05) is 0 Å². The molecule has 0 aromatic carbocycles. The first-order chi connectivity index (χ1) is 7.68. The van der Waals surface area contributed by atoms with Gasteiger partial charge in [-0.15, -0.1) is 0 Å². The Bertz CT molecular complexity index is 354. The maximum atomic E-state index is 6.02. The summed E-state index contributed by atoms with van der Waals surface area (Å²) < 4.78 is 1.94. The number of hydrogen-bond acceptors (Lipinski definition) is 1. The lowest BCUT2D eigenvalue weighted by Gasteiger charge is -2.22. The molecule has 1 N–H and O–H groups in total. The van der Waals surface area contributed by atoms with Crippen LogP contribution >= 0.6 is 23.2 Å². The van der Waals surface area contributed by atoms with Gasteiger partial charge in [-0.25, -0.2) is 0 Å². The van der Waals surface area contributed by atoms with E-state index in [0.717, 1.165) is 12.2 Å². The second-order valence-electron chi connectivity index (χ2n) is 4.55. The van der Waals surface area contributed by atoms with Crippen LogP contribution in [0, 0.1) is 0 Å². The number of rotatable bonds is 3. The van der Waals surface area contributed by atoms with E-state index in [2.05, 4.69) is 5.32 Å². The van der Waals surface area contributed by atoms with Crippen LogP contribution in [0.5, 0.6) is 0 Å². The molecule has 1 heterocycles. The van der Waals surface area contributed by atoms with E-state index in [1.807, 2.05) is 17.7 Å². The second kappa shape index (κ2) is 5.44. The lowest BCUT2D eigenvalue weighted by molar-refractivity contribution is 0.369. The van der Waals surface area contributed by atoms with Gasteiger partial charge in [0.2, 0.25) is 0 Å². The highest BCUT2D eigenvalue weighted by atomic mass is 35.5. The molecule has 1 saturated carbocycles. The molecule has 4 heteroatoms. The van der Waals surface area contributed by atoms with Crippen molar-refractivity contribution in [1.82, 2.24) is 9.88 Å². The first-order valence-electron chi connectivity index (χ1n) is 5.91. The van der Waals surface area contributed by atoms with Crippen molar-refractivity contribution in [2.24, 2.45) is 7.05 Å². The van der Waals surface area contributed by atoms with Crippen LogP contribution in [0.4, 0.5) is 0 Å². The Morgan fingerprint density at radius 2 is 2.00 bits per heavy atom. The number of nitrogens with one attached hydrogen (secondary N) is 1. The van der Waals surface area contributed by atoms with Gasteiger partial charge in [-0.3, -0.25) is 0 Å². The van der Waals surface area contributed by atoms with Gasteiger partial charge >= 0.3 is 0 Å². The van der Waals surface area contributed by atoms with Crippen molar-refractivity contribution in [2.45, 2.75) is 44.7 Å². The van der Waals surface area contributed by atoms with Crippen LogP contribution in [0.15, 0.2) is 6.07 Å². The van der Waals surface area contributed by atoms with Crippen LogP contribution in [0.2, 0.25) is 10.2 Å². The number of hydrogen-bond donors (Lipinski definition) is 1. The molecule has 2 nitrogen and oxygen atoms in total. The first-order valence-corrected chi connectivity index (χ1v) is 6.67. The van der Waals surface area contributed by atoms with Gasteiger partial charge in [0.25, 0.3) is 0 Å². The molecule has 0 aliphatic heterocycles. The molecule has 0 atom stereocenters. The Balaban J connectivity index is 1.91. The Hall–Kier alpha value is -0.180. The van der Waals surface area contributed by atoms with Crippen LogP contribution in [0.3, 0.4) is 0 Å². The Morgan fingerprint density at radius 1 is 1.31 bits per heavy atom. The van der Waals surface area contributed by atoms with Crippen molar-refractivity contribution in [3.05, 3.63) is 21.9 Å². The van der Waals surface area contributed by atoms with Crippen molar-refractivity contribution in [1.29, 1.82) is 0 Å². The minimum atomic E-state index is 0.627. The van der Waals surface area contributed by atoms with Gasteiger partial charge in [-0.05, 0) is 18.9 Å². The predicted molar refractivity (Wildman–Crippen MR) is 69.1 cm³/mol. The van der Waals surface area contributed by atoms with Crippen LogP contribution in [0.1, 0.15) is 37.8 Å². The quantitative estimate of drug-likeness (QED) is 0.876. The monoisotopic (exact) mass is 260 g/mol. The fourth-order valence-corrected chi connectivity index (χ4v) is 2.73. The zero-order chi connectivity index (χ0) is 11.5. The lowest BCUT2D eigenvalue weighted by atomic mass is 9.95. The summed E-state index contributed by atoms with van der Waals surface area (Å²) in [6.07, 6.45) is 6.69. The third kappa shape index (κ3) is 2.73. The minimum Gasteiger partial charge on any atom is -0.336 e. The molecule has 0 saturated heterocycles. The van der Waals surface area contributed by atoms with Crippen molar-refractivity contribution in [3.63, 3.8) is 0 Å². The van der Waals surface area contributed by atoms with Gasteiger partial charge < -0.3 is 9.88 Å². The first kappa shape index (κ1) is 12.3. The summed E-state index contributed by atoms with van der Waals surface area (Å²) in [5, 5.41) is 4.85. The van der Waals surface area contributed by atoms with Gasteiger partial charge in [-0.2, -0.15) is 0 Å². The van der Waals surface area contributed by atoms with Gasteiger partial charge in [0.05, 0.1) is 5.02 Å². The fraction of sp³-hybridized carbons (Fsp3) is 0.667. The third-order valence-electron chi connectivity index (χ3n) is 3.39. The molecule has 0 bridgehead atoms. The van der Waals surface area contributed by atoms with E-state index < -0.39 is 0 Å². The molecule has 0 unspecified atom stereocenters. The number of aromatic nitrogens is 1. The summed E-state index contributed by atoms with van der Waals surface area (Å²) >= 11 is 12.0. The molecular formula is C12H18Cl2N2. The van der Waals surface area contributed by atoms with Gasteiger partial charge in [-0.1, -0.05) is 42.5 Å². The molecule has 1 fully saturated rings. The average molecular weight is 261 g/mol. The molecule has 0 amide bonds. The standard InChI is InChI=1S/C12H18Cl2N2/c1-16-10(7-11(13)12(16)14)8-15-9-5-3-2-4-6-9/h7,9,15H,2-6,8H2,1H3. The van der Waals surface area contributed by atoms with Crippen molar-refractivity contribution >= 4 is 23.2 Å². The zero-order valence-corrected chi connectivity index (χ0v) is 11.1. The molecule has 2 rings (SSSR count). The Kier molecular flexibility index (Phi) is 4.17. The topological polar surface area (TPSA) is 17.0 Å². The van der Waals surface area contributed by atoms with Gasteiger partial charge in [0.1, 0.15) is 5.15 Å². The molecular weight excluding hydrogens is 243 g/mol. The van der Waals surface area contributed by atoms with Crippen molar-refractivity contribution < 1.29 is 0 Å². The Labute approximate surface area is 107 Å². The van der Waals surface area contributed by atoms with Crippen LogP contribution in [-0.4, -0.2) is 10.6 Å². The second-order valence-corrected chi connectivity index (χ2v) is 5.31. The highest BCUT2D eigenvalue weighted by Crippen LogP contribution is 2.25. The van der Waals surface area contributed by atoms with Gasteiger partial charge in [0.15, 0.2) is 0 Å². The maximum absolute atomic E-state index is 6.02. The van der Waals surface area contributed by atoms with E-state index in [0.29, 0.717) is 16.2 Å². The molecule has 1 aliphatic carbocycles. The maximum Gasteiger partial charge on any atom is 0.127 e. The molecule has 90 valence electrons. The summed E-state index contributed by atoms with van der Waals surface area (Å²) in [6.45, 7) is 0.855. The highest BCUT2D eigenvalue weighted by Gasteiger charge is 2.14. The summed E-state index contributed by atoms with van der Waals surface area (Å²) in [7, 11) is 1.95. The normalized spacial score (nSPS) is 17.9. The predicted octanol–water partition coefficient (Wildman–Crippen LogP) is 3.75. The summed E-state index contributed by atoms with van der Waals surface area (Å²) in [5.41, 5.74) is 1.15. The summed E-state index contributed by atoms with van der Waals surface area (Å²) in [6, 6.07) is 2.61. The van der Waals surface area contributed by atoms with E-state index in [4.69, 9.17) is 23.2 Å². The fourth-order valence-electron chi connectivity index (χ4n) is 2.31. The third-order valence-corrected chi connectivity index (χ3v) is 4.23. The summed E-state index contributed by atoms with van der Waals surface area (Å²) in [4.78, 5) is 0. The molecule has 1 aliphatic rings.